The molecule has 2 aromatic rings. The number of aromatic nitrogens is 4. The maximum Gasteiger partial charge on any atom is 0.490 e. The highest BCUT2D eigenvalue weighted by molar-refractivity contribution is 7.67. The Balaban J connectivity index is 1.71. The zero-order valence-corrected chi connectivity index (χ0v) is 40.4. The third kappa shape index (κ3) is 13.9. The van der Waals surface area contributed by atoms with Crippen LogP contribution in [-0.4, -0.2) is 116 Å². The number of aliphatic hydroxyl groups excluding tert-OH is 2. The molecule has 16 N–H and O–H groups in total. The third-order valence-electron chi connectivity index (χ3n) is 8.77. The molecule has 0 bridgehead atoms. The lowest BCUT2D eigenvalue weighted by atomic mass is 9.89. The van der Waals surface area contributed by atoms with Gasteiger partial charge >= 0.3 is 58.3 Å². The second-order valence-electron chi connectivity index (χ2n) is 13.7. The summed E-state index contributed by atoms with van der Waals surface area (Å²) in [5, 5.41) is 26.6. The van der Waals surface area contributed by atoms with E-state index in [0.717, 1.165) is 19.9 Å². The Labute approximate surface area is 387 Å². The van der Waals surface area contributed by atoms with Gasteiger partial charge in [0.1, 0.15) is 30.2 Å². The van der Waals surface area contributed by atoms with Crippen LogP contribution >= 0.6 is 70.1 Å². The normalized spacial score (nSPS) is 29.7. The lowest BCUT2D eigenvalue weighted by Gasteiger charge is -2.34. The van der Waals surface area contributed by atoms with Crippen molar-refractivity contribution in [2.24, 2.45) is 5.73 Å². The number of phosphoric ester groups is 2. The molecule has 2 aliphatic heterocycles. The topological polar surface area (TPSA) is 524 Å². The number of aryl methyl sites for hydroxylation is 1. The number of nitrogens with one attached hydrogen (secondary N) is 2. The van der Waals surface area contributed by atoms with Crippen LogP contribution in [-0.2, 0) is 63.2 Å². The van der Waals surface area contributed by atoms with Gasteiger partial charge in [0.15, 0.2) is 35.2 Å². The maximum atomic E-state index is 16.1. The SMILES string of the molecule is Cc1cc(N)nc(=O)n1[C@@H]1O[C@H]([C@H](C)OP(=O)(O)OP(=O)(O)OP(=O)(O)O)[C@H](O)C1(C#CCl)NNc1nc(=O)n([C@@H]2O[C@H]([C@@H](C)OP(=O)(O)OP(=O)(O)OP(=O)(O)O)[C@H](O)C2(N)C#CCl)cc1F. The summed E-state index contributed by atoms with van der Waals surface area (Å²) in [6, 6.07) is 1.10. The van der Waals surface area contributed by atoms with Crippen LogP contribution in [0.25, 0.3) is 0 Å². The molecule has 2 fully saturated rings. The molecule has 2 aromatic heterocycles. The highest BCUT2D eigenvalue weighted by atomic mass is 35.5. The van der Waals surface area contributed by atoms with Gasteiger partial charge in [0.25, 0.3) is 0 Å². The first kappa shape index (κ1) is 58.1. The fourth-order valence-electron chi connectivity index (χ4n) is 6.30. The Bertz CT molecular complexity index is 2830. The number of hydrogen-bond donors (Lipinski definition) is 14. The Kier molecular flexibility index (Phi) is 17.9. The summed E-state index contributed by atoms with van der Waals surface area (Å²) < 4.78 is 124. The molecule has 6 unspecified atom stereocenters. The summed E-state index contributed by atoms with van der Waals surface area (Å²) >= 11 is 11.3. The van der Waals surface area contributed by atoms with Gasteiger partial charge in [0, 0.05) is 16.5 Å². The molecule has 0 amide bonds. The molecule has 14 atom stereocenters. The highest BCUT2D eigenvalue weighted by Gasteiger charge is 2.61. The molecule has 4 heterocycles. The van der Waals surface area contributed by atoms with Crippen molar-refractivity contribution in [3.8, 4) is 22.6 Å². The van der Waals surface area contributed by atoms with Gasteiger partial charge in [-0.1, -0.05) is 11.8 Å². The Morgan fingerprint density at radius 1 is 0.779 bits per heavy atom. The van der Waals surface area contributed by atoms with Crippen LogP contribution in [0.15, 0.2) is 21.9 Å². The summed E-state index contributed by atoms with van der Waals surface area (Å²) in [5.41, 5.74) is 8.20. The van der Waals surface area contributed by atoms with Crippen molar-refractivity contribution in [1.29, 1.82) is 0 Å². The van der Waals surface area contributed by atoms with Crippen molar-refractivity contribution in [3.05, 3.63) is 44.7 Å². The first-order chi connectivity index (χ1) is 30.8. The predicted molar refractivity (Wildman–Crippen MR) is 218 cm³/mol. The van der Waals surface area contributed by atoms with E-state index < -0.39 is 130 Å². The summed E-state index contributed by atoms with van der Waals surface area (Å²) in [5.74, 6) is 1.34. The van der Waals surface area contributed by atoms with Crippen LogP contribution in [0.5, 0.6) is 0 Å². The zero-order chi connectivity index (χ0) is 52.0. The molecule has 382 valence electrons. The van der Waals surface area contributed by atoms with Crippen LogP contribution in [0.2, 0.25) is 0 Å². The lowest BCUT2D eigenvalue weighted by molar-refractivity contribution is -0.0763. The molecule has 68 heavy (non-hydrogen) atoms. The lowest BCUT2D eigenvalue weighted by Crippen LogP contribution is -2.60. The molecule has 0 aromatic carbocycles. The molecular formula is C25H35Cl2FN8O26P6. The number of nitrogens with two attached hydrogens (primary N) is 2. The van der Waals surface area contributed by atoms with Gasteiger partial charge < -0.3 is 75.7 Å². The van der Waals surface area contributed by atoms with E-state index in [-0.39, 0.29) is 16.1 Å². The van der Waals surface area contributed by atoms with Crippen LogP contribution < -0.4 is 33.7 Å². The molecule has 2 aliphatic rings. The smallest absolute Gasteiger partial charge is 0.387 e. The van der Waals surface area contributed by atoms with Crippen molar-refractivity contribution in [2.45, 2.75) is 80.9 Å². The number of anilines is 2. The number of hydrazine groups is 1. The minimum Gasteiger partial charge on any atom is -0.387 e. The standard InChI is InChI=1S/C25H35Cl2FN8O26P6/c1-10-8-14(29)31-23(40)36(10)21-25(5-7-27,18(38)16(56-21)12(3)58-66(49,50)62-68(53,54)60-64(44,45)46)34-33-19-13(28)9-35(22(39)32-19)20-24(30,4-6-26)17(37)15(55-20)11(2)57-65(47,48)61-67(51,52)59-63(41,42)43/h8-9,11-12,15-18,20-21,34,37-38H,30H2,1-3H3,(H,47,48)(H,49,50)(H,51,52)(H,53,54)(H2,29,31,40)(H,32,33,39)(H2,41,42,43)(H2,44,45,46)/t11-,12+,15-,16-,17+,18+,20-,21-,24?,25?/m1/s1. The number of nitrogens with zero attached hydrogens (tertiary/aromatic N) is 4. The molecule has 34 nitrogen and oxygen atoms in total. The largest absolute Gasteiger partial charge is 0.490 e. The monoisotopic (exact) mass is 1140 g/mol. The van der Waals surface area contributed by atoms with E-state index in [0.29, 0.717) is 10.8 Å². The zero-order valence-electron chi connectivity index (χ0n) is 33.5. The van der Waals surface area contributed by atoms with E-state index in [9.17, 15) is 66.8 Å². The van der Waals surface area contributed by atoms with E-state index in [1.165, 1.54) is 6.92 Å². The Morgan fingerprint density at radius 3 is 1.71 bits per heavy atom. The molecule has 43 heteroatoms. The minimum atomic E-state index is -6.07. The number of halogens is 3. The van der Waals surface area contributed by atoms with Gasteiger partial charge in [0.05, 0.1) is 18.4 Å². The van der Waals surface area contributed by atoms with Crippen LogP contribution in [0.1, 0.15) is 32.0 Å². The summed E-state index contributed by atoms with van der Waals surface area (Å²) in [6.45, 7) is 2.96. The van der Waals surface area contributed by atoms with Crippen molar-refractivity contribution in [1.82, 2.24) is 24.5 Å². The van der Waals surface area contributed by atoms with Crippen molar-refractivity contribution >= 4 is 81.8 Å². The number of nitrogen functional groups attached to an aromatic ring is 1. The number of hydrogen-bond acceptors (Lipinski definition) is 24. The Morgan fingerprint density at radius 2 is 1.25 bits per heavy atom. The van der Waals surface area contributed by atoms with Gasteiger partial charge in [-0.15, -0.1) is 0 Å². The number of aliphatic hydroxyl groups is 2. The molecular weight excluding hydrogens is 1100 g/mol. The quantitative estimate of drug-likeness (QED) is 0.0422. The van der Waals surface area contributed by atoms with E-state index in [1.807, 2.05) is 5.38 Å². The molecule has 0 saturated carbocycles. The fourth-order valence-corrected chi connectivity index (χ4v) is 13.0. The van der Waals surface area contributed by atoms with E-state index in [2.05, 4.69) is 54.4 Å². The first-order valence-electron chi connectivity index (χ1n) is 17.4. The average molecular weight is 1140 g/mol. The molecule has 0 radical (unpaired) electrons. The van der Waals surface area contributed by atoms with Gasteiger partial charge in [-0.05, 0) is 50.0 Å². The molecule has 0 spiro atoms. The number of ether oxygens (including phenoxy) is 2. The second kappa shape index (κ2) is 21.0. The number of phosphoric acid groups is 6. The van der Waals surface area contributed by atoms with Crippen LogP contribution in [0, 0.1) is 35.3 Å². The van der Waals surface area contributed by atoms with Crippen molar-refractivity contribution in [2.75, 3.05) is 11.2 Å². The summed E-state index contributed by atoms with van der Waals surface area (Å²) in [7, 11) is -35.6. The average Bonchev–Trinajstić information content (AvgIpc) is 3.53. The first-order valence-corrected chi connectivity index (χ1v) is 27.2. The van der Waals surface area contributed by atoms with Gasteiger partial charge in [-0.3, -0.25) is 18.2 Å². The summed E-state index contributed by atoms with van der Waals surface area (Å²) in [6.07, 6.45) is -16.7. The van der Waals surface area contributed by atoms with Crippen LogP contribution in [0.4, 0.5) is 16.0 Å². The molecule has 0 aliphatic carbocycles. The summed E-state index contributed by atoms with van der Waals surface area (Å²) in [4.78, 5) is 108. The van der Waals surface area contributed by atoms with E-state index in [4.69, 9.17) is 68.2 Å². The maximum absolute atomic E-state index is 16.1. The van der Waals surface area contributed by atoms with Crippen molar-refractivity contribution < 1.29 is 117 Å². The molecule has 4 rings (SSSR count). The van der Waals surface area contributed by atoms with Gasteiger partial charge in [-0.2, -0.15) is 27.2 Å². The fraction of sp³-hybridized carbons (Fsp3) is 0.520. The number of rotatable bonds is 19. The van der Waals surface area contributed by atoms with Crippen LogP contribution in [0.3, 0.4) is 0 Å². The molecule has 2 saturated heterocycles. The predicted octanol–water partition coefficient (Wildman–Crippen LogP) is -1.74. The second-order valence-corrected chi connectivity index (χ2v) is 22.8. The Hall–Kier alpha value is -2.43. The van der Waals surface area contributed by atoms with E-state index >= 15 is 4.39 Å². The van der Waals surface area contributed by atoms with Gasteiger partial charge in [0.2, 0.25) is 0 Å². The van der Waals surface area contributed by atoms with Crippen molar-refractivity contribution in [3.63, 3.8) is 0 Å². The van der Waals surface area contributed by atoms with E-state index in [1.54, 1.807) is 5.38 Å². The highest BCUT2D eigenvalue weighted by Crippen LogP contribution is 2.68. The minimum absolute atomic E-state index is 0.103. The third-order valence-corrected chi connectivity index (χ3v) is 16.8. The van der Waals surface area contributed by atoms with Gasteiger partial charge in [-0.25, -0.2) is 46.8 Å².